The number of hydrogen-bond acceptors (Lipinski definition) is 6. The minimum atomic E-state index is -4.01. The van der Waals surface area contributed by atoms with E-state index in [-0.39, 0.29) is 24.3 Å². The van der Waals surface area contributed by atoms with E-state index in [0.29, 0.717) is 5.56 Å². The smallest absolute Gasteiger partial charge is 0.271 e. The van der Waals surface area contributed by atoms with Crippen molar-refractivity contribution < 1.29 is 27.3 Å². The van der Waals surface area contributed by atoms with Gasteiger partial charge in [0.1, 0.15) is 18.4 Å². The molecule has 1 unspecified atom stereocenters. The van der Waals surface area contributed by atoms with Crippen LogP contribution in [-0.4, -0.2) is 55.9 Å². The Kier molecular flexibility index (Phi) is 8.46. The fraction of sp³-hybridized carbons (Fsp3) is 0.333. The van der Waals surface area contributed by atoms with E-state index in [1.807, 2.05) is 0 Å². The topological polar surface area (TPSA) is 130 Å². The summed E-state index contributed by atoms with van der Waals surface area (Å²) in [7, 11) is -2.60. The molecule has 0 radical (unpaired) electrons. The molecule has 2 aromatic rings. The Morgan fingerprint density at radius 3 is 2.33 bits per heavy atom. The highest BCUT2D eigenvalue weighted by Crippen LogP contribution is 2.24. The number of non-ortho nitro benzene ring substituents is 1. The molecule has 0 spiro atoms. The molecule has 1 N–H and O–H groups in total. The predicted molar refractivity (Wildman–Crippen MR) is 120 cm³/mol. The van der Waals surface area contributed by atoms with E-state index >= 15 is 0 Å². The number of amides is 2. The molecule has 0 aliphatic heterocycles. The van der Waals surface area contributed by atoms with Gasteiger partial charge in [-0.25, -0.2) is 12.8 Å². The van der Waals surface area contributed by atoms with Crippen molar-refractivity contribution in [3.05, 3.63) is 70.0 Å². The number of benzene rings is 2. The average Bonchev–Trinajstić information content (AvgIpc) is 2.77. The number of halogens is 1. The molecule has 2 amide bonds. The zero-order valence-electron chi connectivity index (χ0n) is 18.4. The molecule has 1 atom stereocenters. The van der Waals surface area contributed by atoms with Crippen LogP contribution in [0.2, 0.25) is 0 Å². The third-order valence-corrected chi connectivity index (χ3v) is 6.05. The number of nitrogens with zero attached hydrogens (tertiary/aromatic N) is 3. The Bertz CT molecular complexity index is 1120. The summed E-state index contributed by atoms with van der Waals surface area (Å²) in [6.07, 6.45) is 1.11. The summed E-state index contributed by atoms with van der Waals surface area (Å²) in [6.45, 7) is 0.937. The molecule has 0 saturated heterocycles. The highest BCUT2D eigenvalue weighted by atomic mass is 32.2. The number of sulfonamides is 1. The number of carbonyl (C=O) groups is 2. The molecule has 0 saturated carbocycles. The summed E-state index contributed by atoms with van der Waals surface area (Å²) in [5.41, 5.74) is 0.136. The minimum absolute atomic E-state index is 0.0604. The lowest BCUT2D eigenvalue weighted by molar-refractivity contribution is -0.384. The van der Waals surface area contributed by atoms with Crippen LogP contribution in [0.4, 0.5) is 15.8 Å². The number of anilines is 1. The largest absolute Gasteiger partial charge is 0.357 e. The zero-order chi connectivity index (χ0) is 24.8. The summed E-state index contributed by atoms with van der Waals surface area (Å²) >= 11 is 0. The van der Waals surface area contributed by atoms with Gasteiger partial charge in [-0.1, -0.05) is 25.1 Å². The maximum atomic E-state index is 13.3. The van der Waals surface area contributed by atoms with Gasteiger partial charge in [0.15, 0.2) is 0 Å². The van der Waals surface area contributed by atoms with Crippen LogP contribution < -0.4 is 9.62 Å². The lowest BCUT2D eigenvalue weighted by Gasteiger charge is -2.32. The third-order valence-electron chi connectivity index (χ3n) is 4.91. The normalized spacial score (nSPS) is 12.0. The Balaban J connectivity index is 2.45. The van der Waals surface area contributed by atoms with Crippen LogP contribution in [0.15, 0.2) is 48.5 Å². The maximum Gasteiger partial charge on any atom is 0.271 e. The number of nitrogens with one attached hydrogen (secondary N) is 1. The van der Waals surface area contributed by atoms with E-state index in [1.54, 1.807) is 6.92 Å². The highest BCUT2D eigenvalue weighted by Gasteiger charge is 2.31. The highest BCUT2D eigenvalue weighted by molar-refractivity contribution is 7.92. The molecular formula is C21H25FN4O6S. The Morgan fingerprint density at radius 2 is 1.82 bits per heavy atom. The standard InChI is InChI=1S/C21H25FN4O6S/c1-4-19(21(28)23-2)24(13-15-8-10-16(22)11-9-15)20(27)14-25(33(3,31)32)17-6-5-7-18(12-17)26(29)30/h5-12,19H,4,13-14H2,1-3H3,(H,23,28). The molecule has 10 nitrogen and oxygen atoms in total. The Morgan fingerprint density at radius 1 is 1.18 bits per heavy atom. The zero-order valence-corrected chi connectivity index (χ0v) is 19.2. The van der Waals surface area contributed by atoms with Gasteiger partial charge in [0, 0.05) is 25.7 Å². The monoisotopic (exact) mass is 480 g/mol. The number of nitro benzene ring substituents is 1. The van der Waals surface area contributed by atoms with Crippen LogP contribution in [0.5, 0.6) is 0 Å². The number of hydrogen-bond donors (Lipinski definition) is 1. The van der Waals surface area contributed by atoms with Crippen molar-refractivity contribution in [3.63, 3.8) is 0 Å². The first-order valence-electron chi connectivity index (χ1n) is 9.95. The minimum Gasteiger partial charge on any atom is -0.357 e. The van der Waals surface area contributed by atoms with E-state index in [1.165, 1.54) is 54.4 Å². The number of rotatable bonds is 10. The molecule has 12 heteroatoms. The second-order valence-corrected chi connectivity index (χ2v) is 9.14. The van der Waals surface area contributed by atoms with Crippen LogP contribution >= 0.6 is 0 Å². The van der Waals surface area contributed by atoms with Gasteiger partial charge < -0.3 is 10.2 Å². The van der Waals surface area contributed by atoms with Crippen molar-refractivity contribution in [1.29, 1.82) is 0 Å². The summed E-state index contributed by atoms with van der Waals surface area (Å²) in [6, 6.07) is 9.32. The first kappa shape index (κ1) is 25.7. The van der Waals surface area contributed by atoms with Gasteiger partial charge in [-0.05, 0) is 30.2 Å². The second kappa shape index (κ2) is 10.9. The third kappa shape index (κ3) is 6.72. The Labute approximate surface area is 191 Å². The van der Waals surface area contributed by atoms with Crippen LogP contribution in [0.25, 0.3) is 0 Å². The molecule has 2 aromatic carbocycles. The summed E-state index contributed by atoms with van der Waals surface area (Å²) in [5, 5.41) is 13.6. The first-order valence-corrected chi connectivity index (χ1v) is 11.8. The first-order chi connectivity index (χ1) is 15.5. The van der Waals surface area contributed by atoms with Gasteiger partial charge in [-0.15, -0.1) is 0 Å². The lowest BCUT2D eigenvalue weighted by Crippen LogP contribution is -2.51. The fourth-order valence-corrected chi connectivity index (χ4v) is 4.09. The van der Waals surface area contributed by atoms with Crippen molar-refractivity contribution in [1.82, 2.24) is 10.2 Å². The quantitative estimate of drug-likeness (QED) is 0.409. The van der Waals surface area contributed by atoms with Gasteiger partial charge in [0.05, 0.1) is 16.9 Å². The molecule has 178 valence electrons. The van der Waals surface area contributed by atoms with E-state index in [4.69, 9.17) is 0 Å². The van der Waals surface area contributed by atoms with Crippen molar-refractivity contribution in [2.75, 3.05) is 24.2 Å². The summed E-state index contributed by atoms with van der Waals surface area (Å²) in [5.74, 6) is -1.62. The number of carbonyl (C=O) groups excluding carboxylic acids is 2. The molecule has 0 aliphatic carbocycles. The summed E-state index contributed by atoms with van der Waals surface area (Å²) < 4.78 is 39.0. The van der Waals surface area contributed by atoms with Gasteiger partial charge in [-0.2, -0.15) is 0 Å². The predicted octanol–water partition coefficient (Wildman–Crippen LogP) is 2.05. The molecule has 0 aliphatic rings. The van der Waals surface area contributed by atoms with E-state index in [0.717, 1.165) is 16.6 Å². The average molecular weight is 481 g/mol. The maximum absolute atomic E-state index is 13.3. The van der Waals surface area contributed by atoms with Crippen LogP contribution in [0, 0.1) is 15.9 Å². The van der Waals surface area contributed by atoms with Gasteiger partial charge in [0.25, 0.3) is 5.69 Å². The molecule has 0 heterocycles. The van der Waals surface area contributed by atoms with Gasteiger partial charge in [0.2, 0.25) is 21.8 Å². The van der Waals surface area contributed by atoms with Crippen LogP contribution in [0.3, 0.4) is 0 Å². The second-order valence-electron chi connectivity index (χ2n) is 7.23. The molecule has 0 fully saturated rings. The van der Waals surface area contributed by atoms with E-state index in [9.17, 15) is 32.5 Å². The fourth-order valence-electron chi connectivity index (χ4n) is 3.25. The van der Waals surface area contributed by atoms with Crippen molar-refractivity contribution in [2.45, 2.75) is 25.9 Å². The van der Waals surface area contributed by atoms with Crippen molar-refractivity contribution in [3.8, 4) is 0 Å². The molecule has 0 bridgehead atoms. The number of likely N-dealkylation sites (N-methyl/N-ethyl adjacent to an activating group) is 1. The van der Waals surface area contributed by atoms with Crippen molar-refractivity contribution >= 4 is 33.2 Å². The van der Waals surface area contributed by atoms with Crippen LogP contribution in [-0.2, 0) is 26.2 Å². The molecule has 0 aromatic heterocycles. The summed E-state index contributed by atoms with van der Waals surface area (Å²) in [4.78, 5) is 37.4. The number of nitro groups is 1. The van der Waals surface area contributed by atoms with Crippen LogP contribution in [0.1, 0.15) is 18.9 Å². The molecular weight excluding hydrogens is 455 g/mol. The van der Waals surface area contributed by atoms with E-state index in [2.05, 4.69) is 5.32 Å². The Hall–Kier alpha value is -3.54. The molecule has 2 rings (SSSR count). The van der Waals surface area contributed by atoms with Crippen molar-refractivity contribution in [2.24, 2.45) is 0 Å². The lowest BCUT2D eigenvalue weighted by atomic mass is 10.1. The van der Waals surface area contributed by atoms with Gasteiger partial charge >= 0.3 is 0 Å². The molecule has 33 heavy (non-hydrogen) atoms. The SMILES string of the molecule is CCC(C(=O)NC)N(Cc1ccc(F)cc1)C(=O)CN(c1cccc([N+](=O)[O-])c1)S(C)(=O)=O. The van der Waals surface area contributed by atoms with E-state index < -0.39 is 45.2 Å². The van der Waals surface area contributed by atoms with Gasteiger partial charge in [-0.3, -0.25) is 24.0 Å².